The van der Waals surface area contributed by atoms with Crippen LogP contribution in [0.5, 0.6) is 23.0 Å². The van der Waals surface area contributed by atoms with Gasteiger partial charge in [0.15, 0.2) is 11.5 Å². The molecule has 9 heteroatoms. The van der Waals surface area contributed by atoms with Crippen molar-refractivity contribution in [3.63, 3.8) is 0 Å². The van der Waals surface area contributed by atoms with E-state index in [-0.39, 0.29) is 25.5 Å². The summed E-state index contributed by atoms with van der Waals surface area (Å²) >= 11 is 0. The number of carbonyl (C=O) groups is 1. The van der Waals surface area contributed by atoms with Crippen LogP contribution in [0.1, 0.15) is 24.5 Å². The van der Waals surface area contributed by atoms with E-state index in [9.17, 15) is 4.79 Å². The fourth-order valence-corrected chi connectivity index (χ4v) is 3.52. The smallest absolute Gasteiger partial charge is 0.225 e. The molecular weight excluding hydrogens is 452 g/mol. The van der Waals surface area contributed by atoms with Crippen LogP contribution in [0.4, 0.5) is 5.69 Å². The Morgan fingerprint density at radius 3 is 2.14 bits per heavy atom. The summed E-state index contributed by atoms with van der Waals surface area (Å²) in [7, 11) is 4.68. The summed E-state index contributed by atoms with van der Waals surface area (Å²) in [5.41, 5.74) is 2.23. The van der Waals surface area contributed by atoms with Gasteiger partial charge >= 0.3 is 0 Å². The fraction of sp³-hybridized carbons (Fsp3) is 0.423. The van der Waals surface area contributed by atoms with Crippen LogP contribution in [-0.4, -0.2) is 81.8 Å². The molecule has 3 N–H and O–H groups in total. The minimum atomic E-state index is -0.179. The van der Waals surface area contributed by atoms with E-state index in [4.69, 9.17) is 29.2 Å². The Balaban J connectivity index is 2.26. The van der Waals surface area contributed by atoms with E-state index in [1.165, 1.54) is 0 Å². The van der Waals surface area contributed by atoms with E-state index in [0.717, 1.165) is 11.1 Å². The maximum Gasteiger partial charge on any atom is 0.225 e. The van der Waals surface area contributed by atoms with E-state index in [1.54, 1.807) is 27.4 Å². The highest BCUT2D eigenvalue weighted by Gasteiger charge is 2.13. The monoisotopic (exact) mass is 488 g/mol. The van der Waals surface area contributed by atoms with Crippen molar-refractivity contribution in [3.8, 4) is 23.0 Å². The van der Waals surface area contributed by atoms with Crippen molar-refractivity contribution in [1.29, 1.82) is 0 Å². The van der Waals surface area contributed by atoms with Gasteiger partial charge in [-0.3, -0.25) is 9.69 Å². The second kappa shape index (κ2) is 14.9. The van der Waals surface area contributed by atoms with Crippen molar-refractivity contribution in [1.82, 2.24) is 4.90 Å². The zero-order chi connectivity index (χ0) is 25.6. The highest BCUT2D eigenvalue weighted by Crippen LogP contribution is 2.38. The Bertz CT molecular complexity index is 947. The molecule has 2 aromatic carbocycles. The van der Waals surface area contributed by atoms with E-state index in [1.807, 2.05) is 48.2 Å². The van der Waals surface area contributed by atoms with Crippen molar-refractivity contribution in [2.75, 3.05) is 66.1 Å². The number of rotatable bonds is 15. The van der Waals surface area contributed by atoms with Gasteiger partial charge in [-0.05, 0) is 42.3 Å². The zero-order valence-corrected chi connectivity index (χ0v) is 20.9. The Kier molecular flexibility index (Phi) is 11.9. The molecule has 9 nitrogen and oxygen atoms in total. The standard InChI is InChI=1S/C26H36N2O7/c1-5-35-21-9-8-20(7-6-19-16-23(32-2)26(34-4)24(17-19)33-3)22(18-21)27-25(31)10-11-28(12-14-29)13-15-30/h6-9,16-18,29-30H,5,10-15H2,1-4H3,(H,27,31)/b7-6-. The molecule has 0 saturated heterocycles. The van der Waals surface area contributed by atoms with Crippen LogP contribution in [0.3, 0.4) is 0 Å². The van der Waals surface area contributed by atoms with Gasteiger partial charge in [-0.25, -0.2) is 0 Å². The number of aliphatic hydroxyl groups is 2. The molecular formula is C26H36N2O7. The van der Waals surface area contributed by atoms with Crippen LogP contribution in [0.25, 0.3) is 12.2 Å². The van der Waals surface area contributed by atoms with Gasteiger partial charge in [0.1, 0.15) is 5.75 Å². The molecule has 0 fully saturated rings. The Hall–Kier alpha value is -3.27. The first-order chi connectivity index (χ1) is 17.0. The number of benzene rings is 2. The first kappa shape index (κ1) is 28.0. The summed E-state index contributed by atoms with van der Waals surface area (Å²) < 4.78 is 21.8. The fourth-order valence-electron chi connectivity index (χ4n) is 3.52. The third-order valence-corrected chi connectivity index (χ3v) is 5.24. The van der Waals surface area contributed by atoms with Crippen LogP contribution in [-0.2, 0) is 4.79 Å². The third kappa shape index (κ3) is 8.47. The molecule has 0 spiro atoms. The van der Waals surface area contributed by atoms with Crippen molar-refractivity contribution >= 4 is 23.7 Å². The van der Waals surface area contributed by atoms with Crippen molar-refractivity contribution in [3.05, 3.63) is 41.5 Å². The van der Waals surface area contributed by atoms with Gasteiger partial charge in [0.05, 0.1) is 46.8 Å². The molecule has 0 heterocycles. The lowest BCUT2D eigenvalue weighted by Gasteiger charge is -2.20. The molecule has 0 aliphatic heterocycles. The largest absolute Gasteiger partial charge is 0.494 e. The highest BCUT2D eigenvalue weighted by atomic mass is 16.5. The van der Waals surface area contributed by atoms with Gasteiger partial charge in [0, 0.05) is 32.1 Å². The lowest BCUT2D eigenvalue weighted by Crippen LogP contribution is -2.32. The number of nitrogens with one attached hydrogen (secondary N) is 1. The van der Waals surface area contributed by atoms with Gasteiger partial charge < -0.3 is 34.5 Å². The minimum Gasteiger partial charge on any atom is -0.494 e. The number of nitrogens with zero attached hydrogens (tertiary/aromatic N) is 1. The number of aliphatic hydroxyl groups excluding tert-OH is 2. The summed E-state index contributed by atoms with van der Waals surface area (Å²) in [4.78, 5) is 14.5. The van der Waals surface area contributed by atoms with Crippen molar-refractivity contribution in [2.45, 2.75) is 13.3 Å². The molecule has 0 saturated carbocycles. The normalized spacial score (nSPS) is 11.1. The molecule has 0 radical (unpaired) electrons. The molecule has 0 bridgehead atoms. The lowest BCUT2D eigenvalue weighted by molar-refractivity contribution is -0.116. The number of amides is 1. The first-order valence-electron chi connectivity index (χ1n) is 11.5. The molecule has 35 heavy (non-hydrogen) atoms. The molecule has 0 unspecified atom stereocenters. The summed E-state index contributed by atoms with van der Waals surface area (Å²) in [6, 6.07) is 9.18. The summed E-state index contributed by atoms with van der Waals surface area (Å²) in [6.07, 6.45) is 3.99. The van der Waals surface area contributed by atoms with Crippen LogP contribution >= 0.6 is 0 Å². The number of carbonyl (C=O) groups excluding carboxylic acids is 1. The van der Waals surface area contributed by atoms with Crippen molar-refractivity contribution < 1.29 is 34.0 Å². The number of ether oxygens (including phenoxy) is 4. The maximum atomic E-state index is 12.7. The summed E-state index contributed by atoms with van der Waals surface area (Å²) in [6.45, 7) is 3.56. The molecule has 0 atom stereocenters. The minimum absolute atomic E-state index is 0.0338. The van der Waals surface area contributed by atoms with Crippen LogP contribution in [0, 0.1) is 0 Å². The van der Waals surface area contributed by atoms with Crippen LogP contribution < -0.4 is 24.3 Å². The topological polar surface area (TPSA) is 110 Å². The van der Waals surface area contributed by atoms with Gasteiger partial charge in [0.2, 0.25) is 11.7 Å². The molecule has 192 valence electrons. The van der Waals surface area contributed by atoms with Crippen LogP contribution in [0.15, 0.2) is 30.3 Å². The molecule has 1 amide bonds. The third-order valence-electron chi connectivity index (χ3n) is 5.24. The van der Waals surface area contributed by atoms with Gasteiger partial charge in [-0.2, -0.15) is 0 Å². The SMILES string of the molecule is CCOc1ccc(/C=C\c2cc(OC)c(OC)c(OC)c2)c(NC(=O)CCN(CCO)CCO)c1. The Morgan fingerprint density at radius 1 is 0.943 bits per heavy atom. The van der Waals surface area contributed by atoms with E-state index < -0.39 is 0 Å². The Morgan fingerprint density at radius 2 is 1.60 bits per heavy atom. The molecule has 2 rings (SSSR count). The van der Waals surface area contributed by atoms with Gasteiger partial charge in [-0.1, -0.05) is 12.2 Å². The van der Waals surface area contributed by atoms with E-state index in [2.05, 4.69) is 5.32 Å². The van der Waals surface area contributed by atoms with E-state index >= 15 is 0 Å². The predicted molar refractivity (Wildman–Crippen MR) is 136 cm³/mol. The number of hydrogen-bond donors (Lipinski definition) is 3. The molecule has 2 aromatic rings. The number of hydrogen-bond acceptors (Lipinski definition) is 8. The quantitative estimate of drug-likeness (QED) is 0.328. The molecule has 0 aromatic heterocycles. The van der Waals surface area contributed by atoms with Gasteiger partial charge in [-0.15, -0.1) is 0 Å². The average Bonchev–Trinajstić information content (AvgIpc) is 2.86. The summed E-state index contributed by atoms with van der Waals surface area (Å²) in [5, 5.41) is 21.3. The lowest BCUT2D eigenvalue weighted by atomic mass is 10.1. The molecule has 0 aliphatic rings. The van der Waals surface area contributed by atoms with Crippen molar-refractivity contribution in [2.24, 2.45) is 0 Å². The Labute approximate surface area is 206 Å². The number of methoxy groups -OCH3 is 3. The highest BCUT2D eigenvalue weighted by molar-refractivity contribution is 5.94. The maximum absolute atomic E-state index is 12.7. The van der Waals surface area contributed by atoms with Gasteiger partial charge in [0.25, 0.3) is 0 Å². The summed E-state index contributed by atoms with van der Waals surface area (Å²) in [5.74, 6) is 2.07. The predicted octanol–water partition coefficient (Wildman–Crippen LogP) is 2.90. The number of anilines is 1. The molecule has 0 aliphatic carbocycles. The van der Waals surface area contributed by atoms with E-state index in [0.29, 0.717) is 54.9 Å². The van der Waals surface area contributed by atoms with Crippen LogP contribution in [0.2, 0.25) is 0 Å². The second-order valence-corrected chi connectivity index (χ2v) is 7.56. The first-order valence-corrected chi connectivity index (χ1v) is 11.5. The average molecular weight is 489 g/mol. The second-order valence-electron chi connectivity index (χ2n) is 7.56. The zero-order valence-electron chi connectivity index (χ0n) is 20.9.